The van der Waals surface area contributed by atoms with Gasteiger partial charge in [-0.05, 0) is 17.7 Å². The lowest BCUT2D eigenvalue weighted by atomic mass is 10.2. The van der Waals surface area contributed by atoms with Crippen LogP contribution < -0.4 is 4.74 Å². The first-order valence-corrected chi connectivity index (χ1v) is 4.63. The molecule has 0 heterocycles. The molecule has 0 spiro atoms. The Labute approximate surface area is 83.3 Å². The fourth-order valence-corrected chi connectivity index (χ4v) is 1.07. The van der Waals surface area contributed by atoms with Crippen LogP contribution >= 0.6 is 0 Å². The molecule has 0 aliphatic rings. The van der Waals surface area contributed by atoms with Crippen LogP contribution in [0.5, 0.6) is 5.75 Å². The number of ether oxygens (including phenoxy) is 1. The quantitative estimate of drug-likeness (QED) is 0.546. The summed E-state index contributed by atoms with van der Waals surface area (Å²) in [6.07, 6.45) is 1.95. The maximum Gasteiger partial charge on any atom is 0.124 e. The van der Waals surface area contributed by atoms with E-state index in [9.17, 15) is 4.79 Å². The summed E-state index contributed by atoms with van der Waals surface area (Å²) in [6.45, 7) is 0.659. The van der Waals surface area contributed by atoms with Gasteiger partial charge in [-0.1, -0.05) is 12.1 Å². The molecule has 1 N–H and O–H groups in total. The van der Waals surface area contributed by atoms with Gasteiger partial charge in [-0.3, -0.25) is 0 Å². The van der Waals surface area contributed by atoms with Crippen LogP contribution in [0.25, 0.3) is 0 Å². The van der Waals surface area contributed by atoms with Crippen LogP contribution in [0.2, 0.25) is 0 Å². The number of aliphatic hydroxyl groups excluding tert-OH is 1. The lowest BCUT2D eigenvalue weighted by molar-refractivity contribution is -0.107. The standard InChI is InChI=1S/C11H14O3/c12-7-1-9-14-11-4-2-10(3-5-11)6-8-13/h2-5,8,12H,1,6-7,9H2. The van der Waals surface area contributed by atoms with Gasteiger partial charge in [0.15, 0.2) is 0 Å². The first kappa shape index (κ1) is 10.7. The number of aldehydes is 1. The van der Waals surface area contributed by atoms with E-state index >= 15 is 0 Å². The molecule has 1 rings (SSSR count). The number of aliphatic hydroxyl groups is 1. The predicted molar refractivity (Wildman–Crippen MR) is 53.4 cm³/mol. The van der Waals surface area contributed by atoms with Gasteiger partial charge in [0, 0.05) is 19.4 Å². The summed E-state index contributed by atoms with van der Waals surface area (Å²) in [6, 6.07) is 7.39. The van der Waals surface area contributed by atoms with Gasteiger partial charge in [-0.15, -0.1) is 0 Å². The average Bonchev–Trinajstić information content (AvgIpc) is 2.21. The Hall–Kier alpha value is -1.35. The molecule has 0 aromatic heterocycles. The molecular weight excluding hydrogens is 180 g/mol. The summed E-state index contributed by atoms with van der Waals surface area (Å²) in [5.74, 6) is 0.771. The van der Waals surface area contributed by atoms with Crippen molar-refractivity contribution < 1.29 is 14.6 Å². The molecule has 76 valence electrons. The van der Waals surface area contributed by atoms with E-state index < -0.39 is 0 Å². The van der Waals surface area contributed by atoms with Crippen molar-refractivity contribution >= 4 is 6.29 Å². The average molecular weight is 194 g/mol. The largest absolute Gasteiger partial charge is 0.494 e. The molecule has 3 nitrogen and oxygen atoms in total. The van der Waals surface area contributed by atoms with Crippen molar-refractivity contribution in [3.63, 3.8) is 0 Å². The number of carbonyl (C=O) groups excluding carboxylic acids is 1. The molecule has 3 heteroatoms. The van der Waals surface area contributed by atoms with Gasteiger partial charge in [-0.2, -0.15) is 0 Å². The minimum Gasteiger partial charge on any atom is -0.494 e. The second-order valence-electron chi connectivity index (χ2n) is 2.94. The minimum atomic E-state index is 0.142. The summed E-state index contributed by atoms with van der Waals surface area (Å²) in [7, 11) is 0. The van der Waals surface area contributed by atoms with Crippen molar-refractivity contribution in [2.45, 2.75) is 12.8 Å². The first-order valence-electron chi connectivity index (χ1n) is 4.63. The summed E-state index contributed by atoms with van der Waals surface area (Å²) < 4.78 is 5.33. The maximum atomic E-state index is 10.2. The monoisotopic (exact) mass is 194 g/mol. The second-order valence-corrected chi connectivity index (χ2v) is 2.94. The number of rotatable bonds is 6. The van der Waals surface area contributed by atoms with Gasteiger partial charge < -0.3 is 14.6 Å². The predicted octanol–water partition coefficient (Wildman–Crippen LogP) is 1.19. The van der Waals surface area contributed by atoms with Gasteiger partial charge >= 0.3 is 0 Å². The molecule has 0 radical (unpaired) electrons. The van der Waals surface area contributed by atoms with E-state index in [2.05, 4.69) is 0 Å². The Bertz CT molecular complexity index is 266. The maximum absolute atomic E-state index is 10.2. The minimum absolute atomic E-state index is 0.142. The zero-order chi connectivity index (χ0) is 10.2. The second kappa shape index (κ2) is 6.16. The van der Waals surface area contributed by atoms with Gasteiger partial charge in [0.1, 0.15) is 12.0 Å². The molecule has 0 fully saturated rings. The van der Waals surface area contributed by atoms with Crippen LogP contribution in [0.15, 0.2) is 24.3 Å². The number of hydrogen-bond acceptors (Lipinski definition) is 3. The highest BCUT2D eigenvalue weighted by atomic mass is 16.5. The van der Waals surface area contributed by atoms with E-state index in [0.29, 0.717) is 19.4 Å². The molecule has 0 aliphatic carbocycles. The molecule has 0 atom stereocenters. The highest BCUT2D eigenvalue weighted by Crippen LogP contribution is 2.12. The van der Waals surface area contributed by atoms with Crippen LogP contribution in [0.1, 0.15) is 12.0 Å². The lowest BCUT2D eigenvalue weighted by Crippen LogP contribution is -1.99. The van der Waals surface area contributed by atoms with Crippen molar-refractivity contribution in [1.82, 2.24) is 0 Å². The third-order valence-corrected chi connectivity index (χ3v) is 1.81. The smallest absolute Gasteiger partial charge is 0.124 e. The molecule has 1 aromatic carbocycles. The zero-order valence-corrected chi connectivity index (χ0v) is 7.98. The van der Waals surface area contributed by atoms with E-state index in [-0.39, 0.29) is 6.61 Å². The van der Waals surface area contributed by atoms with E-state index in [0.717, 1.165) is 17.6 Å². The molecule has 0 unspecified atom stereocenters. The number of hydrogen-bond donors (Lipinski definition) is 1. The van der Waals surface area contributed by atoms with Crippen LogP contribution in [-0.4, -0.2) is 24.6 Å². The summed E-state index contributed by atoms with van der Waals surface area (Å²) >= 11 is 0. The van der Waals surface area contributed by atoms with E-state index in [1.54, 1.807) is 0 Å². The molecule has 0 saturated heterocycles. The molecule has 0 bridgehead atoms. The van der Waals surface area contributed by atoms with E-state index in [1.165, 1.54) is 0 Å². The molecule has 14 heavy (non-hydrogen) atoms. The summed E-state index contributed by atoms with van der Waals surface area (Å²) in [5, 5.41) is 8.54. The topological polar surface area (TPSA) is 46.5 Å². The number of carbonyl (C=O) groups is 1. The van der Waals surface area contributed by atoms with E-state index in [1.807, 2.05) is 24.3 Å². The Balaban J connectivity index is 2.42. The normalized spacial score (nSPS) is 9.79. The summed E-state index contributed by atoms with van der Waals surface area (Å²) in [5.41, 5.74) is 0.981. The third kappa shape index (κ3) is 3.58. The van der Waals surface area contributed by atoms with Gasteiger partial charge in [0.25, 0.3) is 0 Å². The molecule has 0 saturated carbocycles. The Kier molecular flexibility index (Phi) is 4.72. The highest BCUT2D eigenvalue weighted by molar-refractivity contribution is 5.55. The van der Waals surface area contributed by atoms with Crippen LogP contribution in [0.4, 0.5) is 0 Å². The third-order valence-electron chi connectivity index (χ3n) is 1.81. The number of benzene rings is 1. The van der Waals surface area contributed by atoms with Crippen LogP contribution in [-0.2, 0) is 11.2 Å². The Morgan fingerprint density at radius 1 is 1.29 bits per heavy atom. The van der Waals surface area contributed by atoms with Crippen LogP contribution in [0.3, 0.4) is 0 Å². The highest BCUT2D eigenvalue weighted by Gasteiger charge is 1.94. The first-order chi connectivity index (χ1) is 6.86. The molecule has 0 amide bonds. The molecule has 1 aromatic rings. The van der Waals surface area contributed by atoms with Crippen molar-refractivity contribution in [2.24, 2.45) is 0 Å². The molecule has 0 aliphatic heterocycles. The Morgan fingerprint density at radius 3 is 2.57 bits per heavy atom. The Morgan fingerprint density at radius 2 is 2.00 bits per heavy atom. The van der Waals surface area contributed by atoms with Gasteiger partial charge in [0.05, 0.1) is 6.61 Å². The van der Waals surface area contributed by atoms with Crippen molar-refractivity contribution in [3.05, 3.63) is 29.8 Å². The summed E-state index contributed by atoms with van der Waals surface area (Å²) in [4.78, 5) is 10.2. The van der Waals surface area contributed by atoms with Crippen molar-refractivity contribution in [3.8, 4) is 5.75 Å². The van der Waals surface area contributed by atoms with Crippen molar-refractivity contribution in [1.29, 1.82) is 0 Å². The fraction of sp³-hybridized carbons (Fsp3) is 0.364. The van der Waals surface area contributed by atoms with E-state index in [4.69, 9.17) is 9.84 Å². The zero-order valence-electron chi connectivity index (χ0n) is 7.98. The van der Waals surface area contributed by atoms with Gasteiger partial charge in [0.2, 0.25) is 0 Å². The lowest BCUT2D eigenvalue weighted by Gasteiger charge is -2.04. The molecular formula is C11H14O3. The van der Waals surface area contributed by atoms with Crippen molar-refractivity contribution in [2.75, 3.05) is 13.2 Å². The van der Waals surface area contributed by atoms with Crippen LogP contribution in [0, 0.1) is 0 Å². The van der Waals surface area contributed by atoms with Gasteiger partial charge in [-0.25, -0.2) is 0 Å². The SMILES string of the molecule is O=CCc1ccc(OCCCO)cc1. The fourth-order valence-electron chi connectivity index (χ4n) is 1.07.